The van der Waals surface area contributed by atoms with Crippen molar-refractivity contribution >= 4 is 0 Å². The Morgan fingerprint density at radius 3 is 2.13 bits per heavy atom. The van der Waals surface area contributed by atoms with Gasteiger partial charge < -0.3 is 10.6 Å². The Bertz CT molecular complexity index is 124. The molecule has 0 heterocycles. The summed E-state index contributed by atoms with van der Waals surface area (Å²) in [5.41, 5.74) is 5.46. The van der Waals surface area contributed by atoms with Gasteiger partial charge in [-0.1, -0.05) is 40.0 Å². The van der Waals surface area contributed by atoms with E-state index in [-0.39, 0.29) is 0 Å². The normalized spacial score (nSPS) is 11.6. The van der Waals surface area contributed by atoms with Crippen LogP contribution in [0.2, 0.25) is 0 Å². The highest BCUT2D eigenvalue weighted by atomic mass is 15.1. The first kappa shape index (κ1) is 14.9. The van der Waals surface area contributed by atoms with Crippen molar-refractivity contribution in [1.29, 1.82) is 0 Å². The van der Waals surface area contributed by atoms with Crippen LogP contribution < -0.4 is 5.73 Å². The first-order valence-electron chi connectivity index (χ1n) is 6.63. The van der Waals surface area contributed by atoms with Crippen molar-refractivity contribution in [2.75, 3.05) is 26.2 Å². The lowest BCUT2D eigenvalue weighted by Gasteiger charge is -2.22. The largest absolute Gasteiger partial charge is 0.330 e. The molecule has 0 aliphatic rings. The van der Waals surface area contributed by atoms with Gasteiger partial charge in [-0.25, -0.2) is 0 Å². The fourth-order valence-electron chi connectivity index (χ4n) is 1.90. The van der Waals surface area contributed by atoms with Crippen LogP contribution in [0.15, 0.2) is 0 Å². The van der Waals surface area contributed by atoms with E-state index in [0.717, 1.165) is 12.5 Å². The minimum atomic E-state index is 0.794. The Kier molecular flexibility index (Phi) is 10.4. The number of rotatable bonds is 10. The molecule has 0 aliphatic carbocycles. The Morgan fingerprint density at radius 2 is 1.60 bits per heavy atom. The molecular weight excluding hydrogens is 184 g/mol. The van der Waals surface area contributed by atoms with E-state index in [4.69, 9.17) is 5.73 Å². The summed E-state index contributed by atoms with van der Waals surface area (Å²) in [7, 11) is 0. The van der Waals surface area contributed by atoms with Crippen LogP contribution in [0, 0.1) is 5.92 Å². The molecule has 0 fully saturated rings. The summed E-state index contributed by atoms with van der Waals surface area (Å²) >= 11 is 0. The molecular formula is C13H30N2. The SMILES string of the molecule is CCN(CCCCCCCN)CC(C)C. The van der Waals surface area contributed by atoms with Gasteiger partial charge in [0, 0.05) is 6.54 Å². The quantitative estimate of drug-likeness (QED) is 0.567. The molecule has 0 atom stereocenters. The molecule has 0 bridgehead atoms. The van der Waals surface area contributed by atoms with Gasteiger partial charge in [0.2, 0.25) is 0 Å². The highest BCUT2D eigenvalue weighted by Gasteiger charge is 2.03. The van der Waals surface area contributed by atoms with Gasteiger partial charge in [0.15, 0.2) is 0 Å². The lowest BCUT2D eigenvalue weighted by atomic mass is 10.1. The lowest BCUT2D eigenvalue weighted by Crippen LogP contribution is -2.28. The number of nitrogens with two attached hydrogens (primary N) is 1. The first-order valence-corrected chi connectivity index (χ1v) is 6.63. The summed E-state index contributed by atoms with van der Waals surface area (Å²) in [5.74, 6) is 0.794. The highest BCUT2D eigenvalue weighted by Crippen LogP contribution is 2.05. The van der Waals surface area contributed by atoms with Crippen molar-refractivity contribution in [3.63, 3.8) is 0 Å². The second kappa shape index (κ2) is 10.4. The summed E-state index contributed by atoms with van der Waals surface area (Å²) in [4.78, 5) is 2.56. The number of nitrogens with zero attached hydrogens (tertiary/aromatic N) is 1. The van der Waals surface area contributed by atoms with Gasteiger partial charge >= 0.3 is 0 Å². The predicted octanol–water partition coefficient (Wildman–Crippen LogP) is 2.87. The van der Waals surface area contributed by atoms with Crippen LogP contribution in [0.3, 0.4) is 0 Å². The Hall–Kier alpha value is -0.0800. The second-order valence-corrected chi connectivity index (χ2v) is 4.84. The van der Waals surface area contributed by atoms with Crippen LogP contribution in [-0.4, -0.2) is 31.1 Å². The molecule has 0 saturated carbocycles. The van der Waals surface area contributed by atoms with Crippen molar-refractivity contribution in [1.82, 2.24) is 4.90 Å². The Morgan fingerprint density at radius 1 is 1.00 bits per heavy atom. The molecule has 0 unspecified atom stereocenters. The first-order chi connectivity index (χ1) is 7.20. The average Bonchev–Trinajstić information content (AvgIpc) is 2.20. The Labute approximate surface area is 96.2 Å². The van der Waals surface area contributed by atoms with Gasteiger partial charge in [-0.2, -0.15) is 0 Å². The third-order valence-corrected chi connectivity index (χ3v) is 2.75. The zero-order valence-electron chi connectivity index (χ0n) is 11.0. The maximum Gasteiger partial charge on any atom is 0.000427 e. The van der Waals surface area contributed by atoms with E-state index in [1.807, 2.05) is 0 Å². The smallest absolute Gasteiger partial charge is 0.000427 e. The summed E-state index contributed by atoms with van der Waals surface area (Å²) < 4.78 is 0. The van der Waals surface area contributed by atoms with E-state index in [9.17, 15) is 0 Å². The summed E-state index contributed by atoms with van der Waals surface area (Å²) in [5, 5.41) is 0. The van der Waals surface area contributed by atoms with E-state index < -0.39 is 0 Å². The monoisotopic (exact) mass is 214 g/mol. The van der Waals surface area contributed by atoms with E-state index >= 15 is 0 Å². The van der Waals surface area contributed by atoms with Crippen molar-refractivity contribution in [2.45, 2.75) is 52.9 Å². The van der Waals surface area contributed by atoms with Crippen LogP contribution in [0.4, 0.5) is 0 Å². The molecule has 2 nitrogen and oxygen atoms in total. The van der Waals surface area contributed by atoms with E-state index in [2.05, 4.69) is 25.7 Å². The van der Waals surface area contributed by atoms with Gasteiger partial charge in [-0.15, -0.1) is 0 Å². The molecule has 0 rings (SSSR count). The molecule has 0 aromatic carbocycles. The minimum Gasteiger partial charge on any atom is -0.330 e. The van der Waals surface area contributed by atoms with Crippen LogP contribution >= 0.6 is 0 Å². The van der Waals surface area contributed by atoms with Crippen molar-refractivity contribution in [2.24, 2.45) is 11.7 Å². The molecule has 0 saturated heterocycles. The molecule has 0 aromatic heterocycles. The second-order valence-electron chi connectivity index (χ2n) is 4.84. The summed E-state index contributed by atoms with van der Waals surface area (Å²) in [6.45, 7) is 11.4. The third-order valence-electron chi connectivity index (χ3n) is 2.75. The molecule has 0 radical (unpaired) electrons. The lowest BCUT2D eigenvalue weighted by molar-refractivity contribution is 0.250. The fraction of sp³-hybridized carbons (Fsp3) is 1.00. The number of hydrogen-bond donors (Lipinski definition) is 1. The molecule has 92 valence electrons. The zero-order chi connectivity index (χ0) is 11.5. The topological polar surface area (TPSA) is 29.3 Å². The van der Waals surface area contributed by atoms with Crippen molar-refractivity contribution < 1.29 is 0 Å². The fourth-order valence-corrected chi connectivity index (χ4v) is 1.90. The molecule has 15 heavy (non-hydrogen) atoms. The standard InChI is InChI=1S/C13H30N2/c1-4-15(12-13(2)3)11-9-7-5-6-8-10-14/h13H,4-12,14H2,1-3H3. The van der Waals surface area contributed by atoms with Gasteiger partial charge in [0.1, 0.15) is 0 Å². The molecule has 0 amide bonds. The summed E-state index contributed by atoms with van der Waals surface area (Å²) in [6, 6.07) is 0. The average molecular weight is 214 g/mol. The van der Waals surface area contributed by atoms with E-state index in [1.54, 1.807) is 0 Å². The maximum absolute atomic E-state index is 5.46. The van der Waals surface area contributed by atoms with Gasteiger partial charge in [0.25, 0.3) is 0 Å². The van der Waals surface area contributed by atoms with Gasteiger partial charge in [-0.05, 0) is 38.4 Å². The Balaban J connectivity index is 3.30. The van der Waals surface area contributed by atoms with Crippen LogP contribution in [0.5, 0.6) is 0 Å². The zero-order valence-corrected chi connectivity index (χ0v) is 11.0. The van der Waals surface area contributed by atoms with Gasteiger partial charge in [-0.3, -0.25) is 0 Å². The van der Waals surface area contributed by atoms with Crippen molar-refractivity contribution in [3.05, 3.63) is 0 Å². The summed E-state index contributed by atoms with van der Waals surface area (Å²) in [6.07, 6.45) is 6.59. The van der Waals surface area contributed by atoms with E-state index in [0.29, 0.717) is 0 Å². The number of hydrogen-bond acceptors (Lipinski definition) is 2. The van der Waals surface area contributed by atoms with Crippen molar-refractivity contribution in [3.8, 4) is 0 Å². The predicted molar refractivity (Wildman–Crippen MR) is 69.1 cm³/mol. The molecule has 0 aliphatic heterocycles. The van der Waals surface area contributed by atoms with Crippen LogP contribution in [-0.2, 0) is 0 Å². The van der Waals surface area contributed by atoms with Gasteiger partial charge in [0.05, 0.1) is 0 Å². The third kappa shape index (κ3) is 10.2. The maximum atomic E-state index is 5.46. The number of unbranched alkanes of at least 4 members (excludes halogenated alkanes) is 4. The molecule has 0 spiro atoms. The molecule has 0 aromatic rings. The van der Waals surface area contributed by atoms with Crippen LogP contribution in [0.1, 0.15) is 52.9 Å². The molecule has 2 heteroatoms. The highest BCUT2D eigenvalue weighted by molar-refractivity contribution is 4.58. The van der Waals surface area contributed by atoms with E-state index in [1.165, 1.54) is 51.7 Å². The minimum absolute atomic E-state index is 0.794. The van der Waals surface area contributed by atoms with Crippen LogP contribution in [0.25, 0.3) is 0 Å². The molecule has 2 N–H and O–H groups in total.